The van der Waals surface area contributed by atoms with Crippen LogP contribution in [0.5, 0.6) is 5.75 Å². The number of hydrogen-bond acceptors (Lipinski definition) is 1. The first kappa shape index (κ1) is 12.7. The first-order chi connectivity index (χ1) is 7.24. The van der Waals surface area contributed by atoms with Crippen molar-refractivity contribution in [1.29, 1.82) is 0 Å². The molecule has 1 rings (SSSR count). The smallest absolute Gasteiger partial charge is 0.167 e. The molecular weight excluding hydrogens is 313 g/mol. The van der Waals surface area contributed by atoms with Gasteiger partial charge in [-0.05, 0) is 35.8 Å². The molecule has 1 aromatic rings. The molecular formula is C11H13F2IO. The molecule has 0 fully saturated rings. The van der Waals surface area contributed by atoms with Crippen LogP contribution in [0.3, 0.4) is 0 Å². The van der Waals surface area contributed by atoms with Crippen molar-refractivity contribution >= 4 is 22.6 Å². The third kappa shape index (κ3) is 4.77. The zero-order chi connectivity index (χ0) is 11.1. The number of unbranched alkanes of at least 4 members (excludes halogenated alkanes) is 2. The lowest BCUT2D eigenvalue weighted by Gasteiger charge is -2.06. The minimum Gasteiger partial charge on any atom is -0.491 e. The van der Waals surface area contributed by atoms with Gasteiger partial charge in [-0.2, -0.15) is 0 Å². The molecule has 0 heterocycles. The van der Waals surface area contributed by atoms with Gasteiger partial charge >= 0.3 is 0 Å². The van der Waals surface area contributed by atoms with Crippen LogP contribution >= 0.6 is 22.6 Å². The molecule has 0 N–H and O–H groups in total. The van der Waals surface area contributed by atoms with E-state index in [-0.39, 0.29) is 5.75 Å². The molecule has 0 radical (unpaired) electrons. The fourth-order valence-electron chi connectivity index (χ4n) is 1.15. The lowest BCUT2D eigenvalue weighted by atomic mass is 10.2. The summed E-state index contributed by atoms with van der Waals surface area (Å²) >= 11 is 2.32. The third-order valence-electron chi connectivity index (χ3n) is 1.93. The summed E-state index contributed by atoms with van der Waals surface area (Å²) in [4.78, 5) is 0. The summed E-state index contributed by atoms with van der Waals surface area (Å²) in [5, 5.41) is 0. The van der Waals surface area contributed by atoms with Crippen molar-refractivity contribution < 1.29 is 13.5 Å². The van der Waals surface area contributed by atoms with Crippen LogP contribution in [0, 0.1) is 11.6 Å². The van der Waals surface area contributed by atoms with Crippen molar-refractivity contribution in [1.82, 2.24) is 0 Å². The standard InChI is InChI=1S/C11H13F2IO/c12-9-4-5-11(10(13)8-9)15-7-3-1-2-6-14/h4-5,8H,1-3,6-7H2. The van der Waals surface area contributed by atoms with Crippen LogP contribution in [0.2, 0.25) is 0 Å². The summed E-state index contributed by atoms with van der Waals surface area (Å²) in [5.41, 5.74) is 0. The zero-order valence-corrected chi connectivity index (χ0v) is 10.5. The maximum atomic E-state index is 13.1. The first-order valence-electron chi connectivity index (χ1n) is 4.88. The molecule has 0 saturated heterocycles. The van der Waals surface area contributed by atoms with Gasteiger partial charge in [0.2, 0.25) is 0 Å². The summed E-state index contributed by atoms with van der Waals surface area (Å²) in [6.45, 7) is 0.485. The molecule has 0 unspecified atom stereocenters. The van der Waals surface area contributed by atoms with E-state index in [9.17, 15) is 8.78 Å². The van der Waals surface area contributed by atoms with Crippen molar-refractivity contribution in [2.75, 3.05) is 11.0 Å². The highest BCUT2D eigenvalue weighted by molar-refractivity contribution is 14.1. The third-order valence-corrected chi connectivity index (χ3v) is 2.69. The molecule has 84 valence electrons. The summed E-state index contributed by atoms with van der Waals surface area (Å²) in [7, 11) is 0. The minimum atomic E-state index is -0.635. The van der Waals surface area contributed by atoms with Crippen molar-refractivity contribution in [2.24, 2.45) is 0 Å². The fourth-order valence-corrected chi connectivity index (χ4v) is 1.69. The number of ether oxygens (including phenoxy) is 1. The van der Waals surface area contributed by atoms with Crippen molar-refractivity contribution in [3.05, 3.63) is 29.8 Å². The predicted molar refractivity (Wildman–Crippen MR) is 64.6 cm³/mol. The Morgan fingerprint density at radius 1 is 1.13 bits per heavy atom. The van der Waals surface area contributed by atoms with Gasteiger partial charge in [-0.15, -0.1) is 0 Å². The van der Waals surface area contributed by atoms with Gasteiger partial charge in [-0.3, -0.25) is 0 Å². The van der Waals surface area contributed by atoms with Gasteiger partial charge in [0, 0.05) is 6.07 Å². The van der Waals surface area contributed by atoms with Crippen LogP contribution in [-0.4, -0.2) is 11.0 Å². The monoisotopic (exact) mass is 326 g/mol. The topological polar surface area (TPSA) is 9.23 Å². The average Bonchev–Trinajstić information content (AvgIpc) is 2.20. The van der Waals surface area contributed by atoms with Crippen molar-refractivity contribution in [3.63, 3.8) is 0 Å². The Bertz CT molecular complexity index is 305. The molecule has 1 nitrogen and oxygen atoms in total. The molecule has 0 spiro atoms. The second kappa shape index (κ2) is 6.98. The highest BCUT2D eigenvalue weighted by Crippen LogP contribution is 2.17. The number of rotatable bonds is 6. The van der Waals surface area contributed by atoms with Gasteiger partial charge in [0.25, 0.3) is 0 Å². The second-order valence-electron chi connectivity index (χ2n) is 3.17. The van der Waals surface area contributed by atoms with Gasteiger partial charge in [0.1, 0.15) is 5.82 Å². The number of halogens is 3. The molecule has 0 aliphatic rings. The van der Waals surface area contributed by atoms with E-state index in [0.717, 1.165) is 29.8 Å². The van der Waals surface area contributed by atoms with Crippen LogP contribution < -0.4 is 4.74 Å². The summed E-state index contributed by atoms with van der Waals surface area (Å²) in [6, 6.07) is 3.35. The molecule has 0 amide bonds. The molecule has 0 bridgehead atoms. The summed E-state index contributed by atoms with van der Waals surface area (Å²) in [6.07, 6.45) is 3.13. The molecule has 0 saturated carbocycles. The Morgan fingerprint density at radius 3 is 2.60 bits per heavy atom. The molecule has 0 aromatic heterocycles. The maximum absolute atomic E-state index is 13.1. The van der Waals surface area contributed by atoms with Gasteiger partial charge in [0.05, 0.1) is 6.61 Å². The molecule has 4 heteroatoms. The SMILES string of the molecule is Fc1ccc(OCCCCCI)c(F)c1. The van der Waals surface area contributed by atoms with Crippen LogP contribution in [0.15, 0.2) is 18.2 Å². The highest BCUT2D eigenvalue weighted by atomic mass is 127. The second-order valence-corrected chi connectivity index (χ2v) is 4.25. The highest BCUT2D eigenvalue weighted by Gasteiger charge is 2.03. The molecule has 15 heavy (non-hydrogen) atoms. The first-order valence-corrected chi connectivity index (χ1v) is 6.40. The molecule has 0 atom stereocenters. The Kier molecular flexibility index (Phi) is 5.90. The van der Waals surface area contributed by atoms with Crippen LogP contribution in [-0.2, 0) is 0 Å². The van der Waals surface area contributed by atoms with E-state index >= 15 is 0 Å². The molecule has 1 aromatic carbocycles. The van der Waals surface area contributed by atoms with Crippen molar-refractivity contribution in [3.8, 4) is 5.75 Å². The summed E-state index contributed by atoms with van der Waals surface area (Å²) < 4.78 is 31.9. The van der Waals surface area contributed by atoms with E-state index in [0.29, 0.717) is 6.61 Å². The number of hydrogen-bond donors (Lipinski definition) is 0. The maximum Gasteiger partial charge on any atom is 0.167 e. The normalized spacial score (nSPS) is 10.3. The predicted octanol–water partition coefficient (Wildman–Crippen LogP) is 3.95. The Hall–Kier alpha value is -0.390. The van der Waals surface area contributed by atoms with E-state index in [2.05, 4.69) is 22.6 Å². The number of benzene rings is 1. The lowest BCUT2D eigenvalue weighted by molar-refractivity contribution is 0.291. The van der Waals surface area contributed by atoms with E-state index in [4.69, 9.17) is 4.74 Å². The largest absolute Gasteiger partial charge is 0.491 e. The van der Waals surface area contributed by atoms with Crippen LogP contribution in [0.1, 0.15) is 19.3 Å². The van der Waals surface area contributed by atoms with Crippen LogP contribution in [0.25, 0.3) is 0 Å². The van der Waals surface area contributed by atoms with Gasteiger partial charge in [0.15, 0.2) is 11.6 Å². The molecule has 0 aliphatic carbocycles. The van der Waals surface area contributed by atoms with E-state index in [1.54, 1.807) is 0 Å². The van der Waals surface area contributed by atoms with Crippen LogP contribution in [0.4, 0.5) is 8.78 Å². The Morgan fingerprint density at radius 2 is 1.93 bits per heavy atom. The zero-order valence-electron chi connectivity index (χ0n) is 8.31. The van der Waals surface area contributed by atoms with E-state index in [1.165, 1.54) is 12.1 Å². The number of alkyl halides is 1. The molecule has 0 aliphatic heterocycles. The van der Waals surface area contributed by atoms with E-state index in [1.807, 2.05) is 0 Å². The Labute approximate surface area is 102 Å². The average molecular weight is 326 g/mol. The quantitative estimate of drug-likeness (QED) is 0.437. The minimum absolute atomic E-state index is 0.130. The lowest BCUT2D eigenvalue weighted by Crippen LogP contribution is -1.99. The van der Waals surface area contributed by atoms with Crippen molar-refractivity contribution in [2.45, 2.75) is 19.3 Å². The summed E-state index contributed by atoms with van der Waals surface area (Å²) in [5.74, 6) is -1.08. The van der Waals surface area contributed by atoms with Gasteiger partial charge in [-0.25, -0.2) is 8.78 Å². The fraction of sp³-hybridized carbons (Fsp3) is 0.455. The van der Waals surface area contributed by atoms with Gasteiger partial charge in [-0.1, -0.05) is 22.6 Å². The van der Waals surface area contributed by atoms with E-state index < -0.39 is 11.6 Å². The Balaban J connectivity index is 2.31. The van der Waals surface area contributed by atoms with Gasteiger partial charge < -0.3 is 4.74 Å².